The van der Waals surface area contributed by atoms with E-state index in [0.29, 0.717) is 5.25 Å². The summed E-state index contributed by atoms with van der Waals surface area (Å²) in [4.78, 5) is 0. The standard InChI is InChI=1S/C15H23NS2/c1-10-6-4-5-7-13(10)8-14(16)15-9-17-11(2)12(3)18-15/h4-7,11-12,14-15H,8-9,16H2,1-3H3. The van der Waals surface area contributed by atoms with Crippen LogP contribution in [0.5, 0.6) is 0 Å². The van der Waals surface area contributed by atoms with E-state index in [9.17, 15) is 0 Å². The molecule has 1 fully saturated rings. The van der Waals surface area contributed by atoms with Gasteiger partial charge in [-0.05, 0) is 24.5 Å². The van der Waals surface area contributed by atoms with Crippen molar-refractivity contribution in [2.75, 3.05) is 5.75 Å². The summed E-state index contributed by atoms with van der Waals surface area (Å²) >= 11 is 4.16. The molecule has 0 spiro atoms. The Kier molecular flexibility index (Phi) is 5.05. The Morgan fingerprint density at radius 3 is 2.67 bits per heavy atom. The zero-order valence-corrected chi connectivity index (χ0v) is 13.1. The second-order valence-electron chi connectivity index (χ2n) is 5.21. The number of hydrogen-bond donors (Lipinski definition) is 1. The molecule has 4 unspecified atom stereocenters. The van der Waals surface area contributed by atoms with Gasteiger partial charge in [-0.25, -0.2) is 0 Å². The number of nitrogens with two attached hydrogens (primary N) is 1. The van der Waals surface area contributed by atoms with Crippen LogP contribution in [0.1, 0.15) is 25.0 Å². The molecule has 1 nitrogen and oxygen atoms in total. The molecule has 0 amide bonds. The van der Waals surface area contributed by atoms with E-state index in [1.807, 2.05) is 0 Å². The molecule has 100 valence electrons. The first-order chi connectivity index (χ1) is 8.58. The normalized spacial score (nSPS) is 30.1. The minimum atomic E-state index is 0.276. The molecule has 0 aliphatic carbocycles. The summed E-state index contributed by atoms with van der Waals surface area (Å²) in [6, 6.07) is 8.87. The highest BCUT2D eigenvalue weighted by Crippen LogP contribution is 2.37. The molecule has 1 aliphatic rings. The molecular weight excluding hydrogens is 258 g/mol. The molecular formula is C15H23NS2. The number of aryl methyl sites for hydroxylation is 1. The molecule has 0 bridgehead atoms. The maximum atomic E-state index is 6.42. The Hall–Kier alpha value is -0.120. The SMILES string of the molecule is Cc1ccccc1CC(N)C1CSC(C)C(C)S1. The average Bonchev–Trinajstić information content (AvgIpc) is 2.35. The van der Waals surface area contributed by atoms with E-state index in [-0.39, 0.29) is 6.04 Å². The number of hydrogen-bond acceptors (Lipinski definition) is 3. The van der Waals surface area contributed by atoms with Crippen LogP contribution in [-0.4, -0.2) is 27.5 Å². The summed E-state index contributed by atoms with van der Waals surface area (Å²) in [5.74, 6) is 1.20. The van der Waals surface area contributed by atoms with E-state index in [2.05, 4.69) is 68.6 Å². The van der Waals surface area contributed by atoms with Crippen molar-refractivity contribution in [1.29, 1.82) is 0 Å². The molecule has 3 heteroatoms. The smallest absolute Gasteiger partial charge is 0.0295 e. The maximum absolute atomic E-state index is 6.42. The van der Waals surface area contributed by atoms with Crippen LogP contribution in [0.2, 0.25) is 0 Å². The second kappa shape index (κ2) is 6.36. The van der Waals surface area contributed by atoms with Gasteiger partial charge in [-0.1, -0.05) is 38.1 Å². The quantitative estimate of drug-likeness (QED) is 0.918. The van der Waals surface area contributed by atoms with Crippen molar-refractivity contribution in [2.24, 2.45) is 5.73 Å². The number of rotatable bonds is 3. The second-order valence-corrected chi connectivity index (χ2v) is 8.24. The van der Waals surface area contributed by atoms with Gasteiger partial charge in [0.2, 0.25) is 0 Å². The molecule has 1 aromatic carbocycles. The molecule has 18 heavy (non-hydrogen) atoms. The average molecular weight is 281 g/mol. The largest absolute Gasteiger partial charge is 0.326 e. The molecule has 1 saturated heterocycles. The van der Waals surface area contributed by atoms with Gasteiger partial charge in [-0.15, -0.1) is 0 Å². The molecule has 2 N–H and O–H groups in total. The first-order valence-corrected chi connectivity index (χ1v) is 8.64. The highest BCUT2D eigenvalue weighted by Gasteiger charge is 2.29. The first kappa shape index (κ1) is 14.3. The Bertz CT molecular complexity index is 394. The highest BCUT2D eigenvalue weighted by molar-refractivity contribution is 8.07. The lowest BCUT2D eigenvalue weighted by Crippen LogP contribution is -2.41. The fraction of sp³-hybridized carbons (Fsp3) is 0.600. The van der Waals surface area contributed by atoms with Gasteiger partial charge in [0.25, 0.3) is 0 Å². The van der Waals surface area contributed by atoms with Crippen LogP contribution < -0.4 is 5.73 Å². The summed E-state index contributed by atoms with van der Waals surface area (Å²) < 4.78 is 0. The zero-order chi connectivity index (χ0) is 13.1. The Morgan fingerprint density at radius 2 is 2.00 bits per heavy atom. The van der Waals surface area contributed by atoms with Gasteiger partial charge in [-0.2, -0.15) is 23.5 Å². The molecule has 1 aromatic rings. The minimum Gasteiger partial charge on any atom is -0.326 e. The Balaban J connectivity index is 1.96. The number of benzene rings is 1. The van der Waals surface area contributed by atoms with Gasteiger partial charge in [0.05, 0.1) is 0 Å². The molecule has 1 heterocycles. The third-order valence-corrected chi connectivity index (χ3v) is 7.34. The van der Waals surface area contributed by atoms with Crippen molar-refractivity contribution < 1.29 is 0 Å². The van der Waals surface area contributed by atoms with E-state index in [4.69, 9.17) is 5.73 Å². The Labute approximate surface area is 119 Å². The molecule has 2 rings (SSSR count). The minimum absolute atomic E-state index is 0.276. The van der Waals surface area contributed by atoms with E-state index >= 15 is 0 Å². The van der Waals surface area contributed by atoms with Crippen molar-refractivity contribution in [3.05, 3.63) is 35.4 Å². The van der Waals surface area contributed by atoms with Gasteiger partial charge < -0.3 is 5.73 Å². The lowest BCUT2D eigenvalue weighted by atomic mass is 10.0. The van der Waals surface area contributed by atoms with Crippen LogP contribution in [0.15, 0.2) is 24.3 Å². The maximum Gasteiger partial charge on any atom is 0.0295 e. The summed E-state index contributed by atoms with van der Waals surface area (Å²) in [6.07, 6.45) is 1.01. The fourth-order valence-electron chi connectivity index (χ4n) is 2.26. The molecule has 0 saturated carbocycles. The number of thioether (sulfide) groups is 2. The van der Waals surface area contributed by atoms with E-state index in [0.717, 1.165) is 16.9 Å². The van der Waals surface area contributed by atoms with Crippen molar-refractivity contribution in [3.8, 4) is 0 Å². The first-order valence-electron chi connectivity index (χ1n) is 6.65. The van der Waals surface area contributed by atoms with Crippen LogP contribution in [0.4, 0.5) is 0 Å². The lowest BCUT2D eigenvalue weighted by Gasteiger charge is -2.34. The summed E-state index contributed by atoms with van der Waals surface area (Å²) in [7, 11) is 0. The van der Waals surface area contributed by atoms with E-state index in [1.165, 1.54) is 16.9 Å². The predicted octanol–water partition coefficient (Wildman–Crippen LogP) is 3.49. The van der Waals surface area contributed by atoms with Crippen LogP contribution >= 0.6 is 23.5 Å². The molecule has 0 aromatic heterocycles. The van der Waals surface area contributed by atoms with Crippen LogP contribution in [-0.2, 0) is 6.42 Å². The van der Waals surface area contributed by atoms with Gasteiger partial charge >= 0.3 is 0 Å². The van der Waals surface area contributed by atoms with Gasteiger partial charge in [0, 0.05) is 27.5 Å². The van der Waals surface area contributed by atoms with Crippen LogP contribution in [0.25, 0.3) is 0 Å². The topological polar surface area (TPSA) is 26.0 Å². The highest BCUT2D eigenvalue weighted by atomic mass is 32.2. The monoisotopic (exact) mass is 281 g/mol. The van der Waals surface area contributed by atoms with Crippen molar-refractivity contribution in [2.45, 2.75) is 49.0 Å². The fourth-order valence-corrected chi connectivity index (χ4v) is 5.32. The van der Waals surface area contributed by atoms with Crippen molar-refractivity contribution in [3.63, 3.8) is 0 Å². The third kappa shape index (κ3) is 3.46. The third-order valence-electron chi connectivity index (χ3n) is 3.77. The van der Waals surface area contributed by atoms with Gasteiger partial charge in [0.1, 0.15) is 0 Å². The lowest BCUT2D eigenvalue weighted by molar-refractivity contribution is 0.655. The zero-order valence-electron chi connectivity index (χ0n) is 11.4. The van der Waals surface area contributed by atoms with Crippen LogP contribution in [0, 0.1) is 6.92 Å². The van der Waals surface area contributed by atoms with E-state index < -0.39 is 0 Å². The van der Waals surface area contributed by atoms with Gasteiger partial charge in [0.15, 0.2) is 0 Å². The molecule has 4 atom stereocenters. The van der Waals surface area contributed by atoms with Crippen molar-refractivity contribution >= 4 is 23.5 Å². The van der Waals surface area contributed by atoms with Crippen molar-refractivity contribution in [1.82, 2.24) is 0 Å². The summed E-state index contributed by atoms with van der Waals surface area (Å²) in [6.45, 7) is 6.83. The summed E-state index contributed by atoms with van der Waals surface area (Å²) in [5, 5.41) is 2.08. The molecule has 0 radical (unpaired) electrons. The van der Waals surface area contributed by atoms with Gasteiger partial charge in [-0.3, -0.25) is 0 Å². The van der Waals surface area contributed by atoms with Crippen LogP contribution in [0.3, 0.4) is 0 Å². The predicted molar refractivity (Wildman–Crippen MR) is 85.6 cm³/mol. The van der Waals surface area contributed by atoms with E-state index in [1.54, 1.807) is 0 Å². The Morgan fingerprint density at radius 1 is 1.28 bits per heavy atom. The molecule has 1 aliphatic heterocycles. The summed E-state index contributed by atoms with van der Waals surface area (Å²) in [5.41, 5.74) is 9.19.